The van der Waals surface area contributed by atoms with E-state index in [2.05, 4.69) is 39.1 Å². The van der Waals surface area contributed by atoms with Crippen molar-refractivity contribution in [2.45, 2.75) is 18.7 Å². The molecule has 3 nitrogen and oxygen atoms in total. The highest BCUT2D eigenvalue weighted by atomic mass is 79.9. The first-order valence-corrected chi connectivity index (χ1v) is 9.99. The molecule has 0 saturated carbocycles. The van der Waals surface area contributed by atoms with E-state index in [-0.39, 0.29) is 12.3 Å². The van der Waals surface area contributed by atoms with Crippen molar-refractivity contribution in [3.05, 3.63) is 99.0 Å². The summed E-state index contributed by atoms with van der Waals surface area (Å²) in [6, 6.07) is 24.5. The predicted molar refractivity (Wildman–Crippen MR) is 111 cm³/mol. The molecule has 5 heteroatoms. The summed E-state index contributed by atoms with van der Waals surface area (Å²) in [5.41, 5.74) is 4.43. The van der Waals surface area contributed by atoms with Gasteiger partial charge in [-0.15, -0.1) is 0 Å². The van der Waals surface area contributed by atoms with Crippen molar-refractivity contribution >= 4 is 33.2 Å². The molecule has 5 rings (SSSR count). The molecule has 0 saturated heterocycles. The molecule has 0 N–H and O–H groups in total. The lowest BCUT2D eigenvalue weighted by atomic mass is 9.96. The van der Waals surface area contributed by atoms with E-state index in [1.165, 1.54) is 0 Å². The summed E-state index contributed by atoms with van der Waals surface area (Å²) in [5, 5.41) is 7.76. The third-order valence-electron chi connectivity index (χ3n) is 5.01. The number of hydrazone groups is 1. The maximum absolute atomic E-state index is 6.37. The summed E-state index contributed by atoms with van der Waals surface area (Å²) in [7, 11) is 0. The summed E-state index contributed by atoms with van der Waals surface area (Å²) < 4.78 is 7.41. The van der Waals surface area contributed by atoms with Gasteiger partial charge in [0.1, 0.15) is 5.75 Å². The third-order valence-corrected chi connectivity index (χ3v) is 5.76. The van der Waals surface area contributed by atoms with Gasteiger partial charge >= 0.3 is 0 Å². The van der Waals surface area contributed by atoms with E-state index >= 15 is 0 Å². The van der Waals surface area contributed by atoms with Crippen LogP contribution in [0.25, 0.3) is 0 Å². The highest BCUT2D eigenvalue weighted by Gasteiger charge is 2.41. The van der Waals surface area contributed by atoms with E-state index < -0.39 is 0 Å². The van der Waals surface area contributed by atoms with Crippen LogP contribution in [-0.2, 0) is 0 Å². The van der Waals surface area contributed by atoms with E-state index in [0.717, 1.165) is 39.0 Å². The van der Waals surface area contributed by atoms with Crippen molar-refractivity contribution in [1.82, 2.24) is 5.01 Å². The van der Waals surface area contributed by atoms with Crippen LogP contribution in [0.5, 0.6) is 5.75 Å². The normalized spacial score (nSPS) is 20.5. The number of nitrogens with zero attached hydrogens (tertiary/aromatic N) is 2. The van der Waals surface area contributed by atoms with E-state index in [9.17, 15) is 0 Å². The van der Waals surface area contributed by atoms with Gasteiger partial charge in [-0.3, -0.25) is 0 Å². The zero-order valence-corrected chi connectivity index (χ0v) is 16.7. The first-order chi connectivity index (χ1) is 13.2. The van der Waals surface area contributed by atoms with Gasteiger partial charge in [0.15, 0.2) is 0 Å². The zero-order valence-electron chi connectivity index (χ0n) is 14.3. The van der Waals surface area contributed by atoms with Gasteiger partial charge in [0.2, 0.25) is 6.23 Å². The first-order valence-electron chi connectivity index (χ1n) is 8.82. The van der Waals surface area contributed by atoms with E-state index in [0.29, 0.717) is 5.02 Å². The Hall–Kier alpha value is -2.30. The predicted octanol–water partition coefficient (Wildman–Crippen LogP) is 6.34. The van der Waals surface area contributed by atoms with Gasteiger partial charge in [-0.05, 0) is 35.9 Å². The van der Waals surface area contributed by atoms with Crippen LogP contribution in [0.15, 0.2) is 82.4 Å². The topological polar surface area (TPSA) is 24.8 Å². The maximum atomic E-state index is 6.37. The average molecular weight is 440 g/mol. The second kappa shape index (κ2) is 6.70. The number of halogens is 2. The Morgan fingerprint density at radius 1 is 1.00 bits per heavy atom. The molecule has 0 aliphatic carbocycles. The fraction of sp³-hybridized carbons (Fsp3) is 0.136. The zero-order chi connectivity index (χ0) is 18.4. The van der Waals surface area contributed by atoms with Crippen LogP contribution in [0.2, 0.25) is 5.02 Å². The van der Waals surface area contributed by atoms with Crippen LogP contribution in [0, 0.1) is 0 Å². The smallest absolute Gasteiger partial charge is 0.213 e. The Morgan fingerprint density at radius 3 is 2.56 bits per heavy atom. The van der Waals surface area contributed by atoms with Gasteiger partial charge in [0.05, 0.1) is 11.8 Å². The Morgan fingerprint density at radius 2 is 1.78 bits per heavy atom. The Labute approximate surface area is 171 Å². The molecule has 2 heterocycles. The van der Waals surface area contributed by atoms with Crippen LogP contribution in [0.3, 0.4) is 0 Å². The minimum Gasteiger partial charge on any atom is -0.464 e. The van der Waals surface area contributed by atoms with Crippen molar-refractivity contribution < 1.29 is 4.74 Å². The second-order valence-corrected chi connectivity index (χ2v) is 8.07. The summed E-state index contributed by atoms with van der Waals surface area (Å²) >= 11 is 9.67. The fourth-order valence-electron chi connectivity index (χ4n) is 3.71. The van der Waals surface area contributed by atoms with Gasteiger partial charge in [-0.1, -0.05) is 70.0 Å². The van der Waals surface area contributed by atoms with Crippen molar-refractivity contribution in [2.75, 3.05) is 0 Å². The molecule has 0 radical (unpaired) electrons. The van der Waals surface area contributed by atoms with Crippen molar-refractivity contribution in [1.29, 1.82) is 0 Å². The molecule has 0 bridgehead atoms. The summed E-state index contributed by atoms with van der Waals surface area (Å²) in [4.78, 5) is 0. The number of hydrogen-bond donors (Lipinski definition) is 0. The minimum absolute atomic E-state index is 0.141. The van der Waals surface area contributed by atoms with Crippen LogP contribution >= 0.6 is 27.5 Å². The molecule has 0 amide bonds. The van der Waals surface area contributed by atoms with Crippen LogP contribution < -0.4 is 4.74 Å². The molecule has 27 heavy (non-hydrogen) atoms. The largest absolute Gasteiger partial charge is 0.464 e. The molecule has 0 unspecified atom stereocenters. The third kappa shape index (κ3) is 3.03. The second-order valence-electron chi connectivity index (χ2n) is 6.72. The van der Waals surface area contributed by atoms with Crippen molar-refractivity contribution in [3.63, 3.8) is 0 Å². The lowest BCUT2D eigenvalue weighted by molar-refractivity contribution is -0.0190. The minimum atomic E-state index is -0.276. The van der Waals surface area contributed by atoms with Crippen molar-refractivity contribution in [3.8, 4) is 5.75 Å². The first kappa shape index (κ1) is 16.8. The Kier molecular flexibility index (Phi) is 4.18. The fourth-order valence-corrected chi connectivity index (χ4v) is 4.22. The van der Waals surface area contributed by atoms with E-state index in [1.54, 1.807) is 0 Å². The summed E-state index contributed by atoms with van der Waals surface area (Å²) in [6.45, 7) is 0. The van der Waals surface area contributed by atoms with Gasteiger partial charge in [0.25, 0.3) is 0 Å². The van der Waals surface area contributed by atoms with Gasteiger partial charge in [0, 0.05) is 27.0 Å². The number of benzene rings is 3. The molecule has 3 aromatic rings. The van der Waals surface area contributed by atoms with E-state index in [4.69, 9.17) is 21.4 Å². The molecule has 3 aromatic carbocycles. The Balaban J connectivity index is 1.61. The SMILES string of the molecule is Clc1ccc([C@H]2Oc3ccc(Br)cc3[C@H]3CC(c4ccccc4)=NN32)cc1. The average Bonchev–Trinajstić information content (AvgIpc) is 3.15. The van der Waals surface area contributed by atoms with Gasteiger partial charge in [-0.25, -0.2) is 5.01 Å². The van der Waals surface area contributed by atoms with Crippen molar-refractivity contribution in [2.24, 2.45) is 5.10 Å². The van der Waals surface area contributed by atoms with Crippen LogP contribution in [-0.4, -0.2) is 10.7 Å². The standard InChI is InChI=1S/C22H16BrClN2O/c23-16-8-11-21-18(12-16)20-13-19(14-4-2-1-3-5-14)25-26(20)22(27-21)15-6-9-17(24)10-7-15/h1-12,20,22H,13H2/t20-,22-/m1/s1. The number of rotatable bonds is 2. The lowest BCUT2D eigenvalue weighted by Gasteiger charge is -2.38. The number of hydrogen-bond acceptors (Lipinski definition) is 3. The number of fused-ring (bicyclic) bond motifs is 3. The van der Waals surface area contributed by atoms with Crippen LogP contribution in [0.1, 0.15) is 35.4 Å². The quantitative estimate of drug-likeness (QED) is 0.465. The summed E-state index contributed by atoms with van der Waals surface area (Å²) in [6.07, 6.45) is 0.572. The van der Waals surface area contributed by atoms with E-state index in [1.807, 2.05) is 54.6 Å². The summed E-state index contributed by atoms with van der Waals surface area (Å²) in [5.74, 6) is 0.906. The molecular weight excluding hydrogens is 424 g/mol. The molecule has 2 aliphatic rings. The number of ether oxygens (including phenoxy) is 1. The molecule has 134 valence electrons. The molecule has 2 atom stereocenters. The molecule has 0 spiro atoms. The lowest BCUT2D eigenvalue weighted by Crippen LogP contribution is -2.33. The van der Waals surface area contributed by atoms with Gasteiger partial charge < -0.3 is 4.74 Å². The monoisotopic (exact) mass is 438 g/mol. The molecular formula is C22H16BrClN2O. The Bertz CT molecular complexity index is 1020. The highest BCUT2D eigenvalue weighted by Crippen LogP contribution is 2.48. The van der Waals surface area contributed by atoms with Gasteiger partial charge in [-0.2, -0.15) is 5.10 Å². The maximum Gasteiger partial charge on any atom is 0.213 e. The molecule has 2 aliphatic heterocycles. The highest BCUT2D eigenvalue weighted by molar-refractivity contribution is 9.10. The molecule has 0 fully saturated rings. The molecule has 0 aromatic heterocycles. The van der Waals surface area contributed by atoms with Crippen LogP contribution in [0.4, 0.5) is 0 Å².